The third-order valence-electron chi connectivity index (χ3n) is 3.98. The van der Waals surface area contributed by atoms with Crippen LogP contribution in [0.15, 0.2) is 36.5 Å². The molecule has 5 N–H and O–H groups in total. The molecule has 0 saturated carbocycles. The van der Waals surface area contributed by atoms with Crippen molar-refractivity contribution in [1.29, 1.82) is 0 Å². The molecule has 8 nitrogen and oxygen atoms in total. The standard InChI is InChI=1S/C11H14N6O.C6H4F2.C4H10O/c12-9-8(10(13)18)11-14-7(3-6-17(11)15-9)16-4-1-2-5-16;7-5-1-2-6(8)4-3-5;1-4(2,3)5/h3,6H,1-2,4-5H2,(H2,12,15)(H2,13,18);1-4H;5H,1-3H3. The molecule has 0 radical (unpaired) electrons. The minimum absolute atomic E-state index is 0.119. The van der Waals surface area contributed by atoms with E-state index in [4.69, 9.17) is 16.6 Å². The fraction of sp³-hybridized carbons (Fsp3) is 0.381. The molecule has 1 aliphatic heterocycles. The van der Waals surface area contributed by atoms with Crippen LogP contribution in [0.3, 0.4) is 0 Å². The number of nitrogens with zero attached hydrogens (tertiary/aromatic N) is 4. The van der Waals surface area contributed by atoms with Crippen LogP contribution in [-0.4, -0.2) is 44.3 Å². The van der Waals surface area contributed by atoms with Crippen LogP contribution in [0.2, 0.25) is 0 Å². The smallest absolute Gasteiger partial charge is 0.256 e. The maximum absolute atomic E-state index is 11.9. The summed E-state index contributed by atoms with van der Waals surface area (Å²) in [7, 11) is 0. The molecule has 1 saturated heterocycles. The SMILES string of the molecule is CC(C)(C)O.Fc1ccc(F)cc1.NC(=O)c1c(N)nn2ccc(N3CCCC3)nc12. The lowest BCUT2D eigenvalue weighted by Crippen LogP contribution is -2.19. The zero-order valence-corrected chi connectivity index (χ0v) is 17.8. The summed E-state index contributed by atoms with van der Waals surface area (Å²) in [5.74, 6) is -0.470. The van der Waals surface area contributed by atoms with Gasteiger partial charge < -0.3 is 21.5 Å². The van der Waals surface area contributed by atoms with Crippen LogP contribution in [0, 0.1) is 11.6 Å². The molecule has 3 heterocycles. The Labute approximate surface area is 179 Å². The average molecular weight is 434 g/mol. The van der Waals surface area contributed by atoms with Crippen molar-refractivity contribution in [2.24, 2.45) is 5.73 Å². The Morgan fingerprint density at radius 1 is 1.06 bits per heavy atom. The van der Waals surface area contributed by atoms with E-state index in [1.54, 1.807) is 27.0 Å². The number of nitrogens with two attached hydrogens (primary N) is 2. The molecule has 0 unspecified atom stereocenters. The van der Waals surface area contributed by atoms with Gasteiger partial charge in [-0.25, -0.2) is 18.3 Å². The minimum atomic E-state index is -0.603. The number of primary amides is 1. The predicted molar refractivity (Wildman–Crippen MR) is 116 cm³/mol. The lowest BCUT2D eigenvalue weighted by atomic mass is 10.2. The van der Waals surface area contributed by atoms with Crippen LogP contribution in [0.25, 0.3) is 5.65 Å². The number of carbonyl (C=O) groups excluding carboxylic acids is 1. The van der Waals surface area contributed by atoms with Gasteiger partial charge in [-0.15, -0.1) is 5.10 Å². The number of carbonyl (C=O) groups is 1. The highest BCUT2D eigenvalue weighted by atomic mass is 19.1. The van der Waals surface area contributed by atoms with E-state index < -0.39 is 23.1 Å². The Balaban J connectivity index is 0.000000218. The summed E-state index contributed by atoms with van der Waals surface area (Å²) in [6, 6.07) is 6.19. The summed E-state index contributed by atoms with van der Waals surface area (Å²) >= 11 is 0. The second-order valence-electron chi connectivity index (χ2n) is 7.98. The first-order chi connectivity index (χ1) is 14.5. The monoisotopic (exact) mass is 434 g/mol. The van der Waals surface area contributed by atoms with Gasteiger partial charge in [0.1, 0.15) is 23.0 Å². The van der Waals surface area contributed by atoms with Crippen molar-refractivity contribution in [2.45, 2.75) is 39.2 Å². The van der Waals surface area contributed by atoms with Gasteiger partial charge in [-0.1, -0.05) is 0 Å². The Bertz CT molecular complexity index is 982. The van der Waals surface area contributed by atoms with E-state index in [-0.39, 0.29) is 11.4 Å². The van der Waals surface area contributed by atoms with E-state index in [2.05, 4.69) is 15.0 Å². The van der Waals surface area contributed by atoms with Crippen LogP contribution < -0.4 is 16.4 Å². The van der Waals surface area contributed by atoms with Crippen molar-refractivity contribution in [3.63, 3.8) is 0 Å². The first-order valence-electron chi connectivity index (χ1n) is 9.79. The molecule has 1 aliphatic rings. The van der Waals surface area contributed by atoms with Crippen molar-refractivity contribution in [1.82, 2.24) is 14.6 Å². The normalized spacial score (nSPS) is 13.3. The number of hydrogen-bond acceptors (Lipinski definition) is 6. The van der Waals surface area contributed by atoms with E-state index in [1.165, 1.54) is 4.52 Å². The van der Waals surface area contributed by atoms with Crippen LogP contribution in [0.5, 0.6) is 0 Å². The van der Waals surface area contributed by atoms with Crippen molar-refractivity contribution in [3.05, 3.63) is 53.7 Å². The van der Waals surface area contributed by atoms with Crippen molar-refractivity contribution < 1.29 is 18.7 Å². The van der Waals surface area contributed by atoms with E-state index in [0.717, 1.165) is 56.0 Å². The van der Waals surface area contributed by atoms with Gasteiger partial charge in [0.2, 0.25) is 0 Å². The summed E-state index contributed by atoms with van der Waals surface area (Å²) in [6.45, 7) is 7.20. The van der Waals surface area contributed by atoms with Crippen LogP contribution in [0.1, 0.15) is 44.0 Å². The molecule has 31 heavy (non-hydrogen) atoms. The first-order valence-corrected chi connectivity index (χ1v) is 9.79. The highest BCUT2D eigenvalue weighted by Crippen LogP contribution is 2.21. The molecular formula is C21H28F2N6O2. The molecule has 2 aromatic heterocycles. The summed E-state index contributed by atoms with van der Waals surface area (Å²) < 4.78 is 25.3. The lowest BCUT2D eigenvalue weighted by Gasteiger charge is -2.15. The molecule has 0 bridgehead atoms. The Morgan fingerprint density at radius 2 is 1.55 bits per heavy atom. The largest absolute Gasteiger partial charge is 0.391 e. The fourth-order valence-corrected chi connectivity index (χ4v) is 2.72. The highest BCUT2D eigenvalue weighted by molar-refractivity contribution is 6.03. The van der Waals surface area contributed by atoms with Gasteiger partial charge in [0, 0.05) is 19.3 Å². The van der Waals surface area contributed by atoms with Crippen molar-refractivity contribution in [3.8, 4) is 0 Å². The number of rotatable bonds is 2. The predicted octanol–water partition coefficient (Wildman–Crippen LogP) is 2.75. The molecule has 0 atom stereocenters. The van der Waals surface area contributed by atoms with Gasteiger partial charge in [-0.05, 0) is 63.9 Å². The average Bonchev–Trinajstić information content (AvgIpc) is 3.29. The van der Waals surface area contributed by atoms with E-state index in [0.29, 0.717) is 5.65 Å². The zero-order valence-electron chi connectivity index (χ0n) is 17.8. The number of nitrogen functional groups attached to an aromatic ring is 1. The number of benzene rings is 1. The zero-order chi connectivity index (χ0) is 23.2. The fourth-order valence-electron chi connectivity index (χ4n) is 2.72. The van der Waals surface area contributed by atoms with Gasteiger partial charge >= 0.3 is 0 Å². The van der Waals surface area contributed by atoms with Gasteiger partial charge in [-0.2, -0.15) is 0 Å². The Hall–Kier alpha value is -3.27. The van der Waals surface area contributed by atoms with E-state index in [1.807, 2.05) is 6.07 Å². The molecule has 1 aromatic carbocycles. The number of hydrogen-bond donors (Lipinski definition) is 3. The molecule has 3 aromatic rings. The number of amides is 1. The minimum Gasteiger partial charge on any atom is -0.391 e. The van der Waals surface area contributed by atoms with Gasteiger partial charge in [0.05, 0.1) is 5.60 Å². The Morgan fingerprint density at radius 3 is 2.00 bits per heavy atom. The van der Waals surface area contributed by atoms with Crippen LogP contribution >= 0.6 is 0 Å². The maximum Gasteiger partial charge on any atom is 0.256 e. The third-order valence-corrected chi connectivity index (χ3v) is 3.98. The number of anilines is 2. The first kappa shape index (κ1) is 24.0. The second-order valence-corrected chi connectivity index (χ2v) is 7.98. The molecular weight excluding hydrogens is 406 g/mol. The quantitative estimate of drug-likeness (QED) is 0.570. The summed E-state index contributed by atoms with van der Waals surface area (Å²) in [5, 5.41) is 12.5. The highest BCUT2D eigenvalue weighted by Gasteiger charge is 2.19. The molecule has 0 aliphatic carbocycles. The van der Waals surface area contributed by atoms with Gasteiger partial charge in [0.15, 0.2) is 11.5 Å². The Kier molecular flexibility index (Phi) is 7.87. The summed E-state index contributed by atoms with van der Waals surface area (Å²) in [4.78, 5) is 18.0. The van der Waals surface area contributed by atoms with Crippen LogP contribution in [0.4, 0.5) is 20.4 Å². The topological polar surface area (TPSA) is 123 Å². The van der Waals surface area contributed by atoms with Crippen LogP contribution in [-0.2, 0) is 0 Å². The third kappa shape index (κ3) is 7.49. The number of aromatic nitrogens is 3. The maximum atomic E-state index is 11.9. The molecule has 4 rings (SSSR count). The number of fused-ring (bicyclic) bond motifs is 1. The van der Waals surface area contributed by atoms with Gasteiger partial charge in [0.25, 0.3) is 5.91 Å². The van der Waals surface area contributed by atoms with Crippen molar-refractivity contribution >= 4 is 23.2 Å². The lowest BCUT2D eigenvalue weighted by molar-refractivity contribution is 0.0998. The van der Waals surface area contributed by atoms with E-state index in [9.17, 15) is 13.6 Å². The van der Waals surface area contributed by atoms with Gasteiger partial charge in [-0.3, -0.25) is 4.79 Å². The molecule has 10 heteroatoms. The number of aliphatic hydroxyl groups is 1. The molecule has 1 fully saturated rings. The summed E-state index contributed by atoms with van der Waals surface area (Å²) in [5.41, 5.74) is 11.1. The molecule has 0 spiro atoms. The summed E-state index contributed by atoms with van der Waals surface area (Å²) in [6.07, 6.45) is 4.08. The van der Waals surface area contributed by atoms with E-state index >= 15 is 0 Å². The number of halogens is 2. The molecule has 168 valence electrons. The molecule has 1 amide bonds. The van der Waals surface area contributed by atoms with Crippen molar-refractivity contribution in [2.75, 3.05) is 23.7 Å². The second kappa shape index (κ2) is 10.2.